The summed E-state index contributed by atoms with van der Waals surface area (Å²) in [6.07, 6.45) is 0. The molecule has 2 rings (SSSR count). The van der Waals surface area contributed by atoms with Gasteiger partial charge in [0.15, 0.2) is 18.1 Å². The number of ether oxygens (including phenoxy) is 2. The fraction of sp³-hybridized carbons (Fsp3) is 0.409. The van der Waals surface area contributed by atoms with Crippen molar-refractivity contribution >= 4 is 27.5 Å². The number of rotatable bonds is 10. The van der Waals surface area contributed by atoms with E-state index in [0.29, 0.717) is 24.0 Å². The van der Waals surface area contributed by atoms with Gasteiger partial charge in [0.25, 0.3) is 5.91 Å². The molecule has 0 spiro atoms. The van der Waals surface area contributed by atoms with Crippen LogP contribution in [0.3, 0.4) is 0 Å². The summed E-state index contributed by atoms with van der Waals surface area (Å²) in [6, 6.07) is 11.6. The van der Waals surface area contributed by atoms with Crippen molar-refractivity contribution in [3.63, 3.8) is 0 Å². The minimum atomic E-state index is -0.221. The lowest BCUT2D eigenvalue weighted by Crippen LogP contribution is -2.21. The number of benzene rings is 2. The third kappa shape index (κ3) is 7.17. The van der Waals surface area contributed by atoms with Crippen molar-refractivity contribution in [1.82, 2.24) is 5.32 Å². The van der Waals surface area contributed by atoms with Crippen LogP contribution in [0.15, 0.2) is 40.9 Å². The molecule has 2 N–H and O–H groups in total. The zero-order chi connectivity index (χ0) is 20.5. The Balaban J connectivity index is 2.02. The van der Waals surface area contributed by atoms with Gasteiger partial charge in [-0.25, -0.2) is 0 Å². The Morgan fingerprint density at radius 2 is 1.86 bits per heavy atom. The van der Waals surface area contributed by atoms with Crippen molar-refractivity contribution in [2.24, 2.45) is 5.92 Å². The molecule has 0 heterocycles. The van der Waals surface area contributed by atoms with Gasteiger partial charge in [-0.3, -0.25) is 4.79 Å². The van der Waals surface area contributed by atoms with E-state index >= 15 is 0 Å². The maximum Gasteiger partial charge on any atom is 0.262 e. The Labute approximate surface area is 175 Å². The number of amides is 1. The molecule has 0 saturated carbocycles. The largest absolute Gasteiger partial charge is 0.490 e. The predicted octanol–water partition coefficient (Wildman–Crippen LogP) is 4.92. The van der Waals surface area contributed by atoms with Crippen LogP contribution >= 0.6 is 15.9 Å². The van der Waals surface area contributed by atoms with Crippen molar-refractivity contribution in [3.05, 3.63) is 52.0 Å². The molecule has 0 fully saturated rings. The fourth-order valence-corrected chi connectivity index (χ4v) is 3.21. The number of anilines is 1. The van der Waals surface area contributed by atoms with Crippen LogP contribution in [0, 0.1) is 12.8 Å². The van der Waals surface area contributed by atoms with Crippen molar-refractivity contribution in [2.45, 2.75) is 34.2 Å². The van der Waals surface area contributed by atoms with Gasteiger partial charge in [0.1, 0.15) is 0 Å². The highest BCUT2D eigenvalue weighted by molar-refractivity contribution is 9.10. The smallest absolute Gasteiger partial charge is 0.262 e. The lowest BCUT2D eigenvalue weighted by Gasteiger charge is -2.16. The van der Waals surface area contributed by atoms with E-state index in [1.165, 1.54) is 0 Å². The summed E-state index contributed by atoms with van der Waals surface area (Å²) in [5.41, 5.74) is 2.98. The van der Waals surface area contributed by atoms with Crippen molar-refractivity contribution in [3.8, 4) is 11.5 Å². The molecule has 2 aromatic rings. The average Bonchev–Trinajstić information content (AvgIpc) is 2.63. The summed E-state index contributed by atoms with van der Waals surface area (Å²) in [5.74, 6) is 1.53. The van der Waals surface area contributed by atoms with Gasteiger partial charge in [-0.05, 0) is 72.1 Å². The van der Waals surface area contributed by atoms with Crippen molar-refractivity contribution < 1.29 is 14.3 Å². The van der Waals surface area contributed by atoms with Gasteiger partial charge >= 0.3 is 0 Å². The van der Waals surface area contributed by atoms with E-state index in [2.05, 4.69) is 40.4 Å². The Morgan fingerprint density at radius 3 is 2.50 bits per heavy atom. The van der Waals surface area contributed by atoms with E-state index in [4.69, 9.17) is 9.47 Å². The Bertz CT molecular complexity index is 776. The van der Waals surface area contributed by atoms with Crippen LogP contribution in [0.25, 0.3) is 0 Å². The van der Waals surface area contributed by atoms with E-state index < -0.39 is 0 Å². The van der Waals surface area contributed by atoms with Crippen LogP contribution in [-0.2, 0) is 11.3 Å². The molecule has 0 aliphatic heterocycles. The number of nitrogens with one attached hydrogen (secondary N) is 2. The highest BCUT2D eigenvalue weighted by Gasteiger charge is 2.14. The highest BCUT2D eigenvalue weighted by atomic mass is 79.9. The van der Waals surface area contributed by atoms with Gasteiger partial charge in [0, 0.05) is 12.2 Å². The summed E-state index contributed by atoms with van der Waals surface area (Å²) < 4.78 is 12.3. The minimum absolute atomic E-state index is 0.0997. The first-order chi connectivity index (χ1) is 13.4. The van der Waals surface area contributed by atoms with Crippen LogP contribution in [0.1, 0.15) is 31.9 Å². The maximum atomic E-state index is 12.2. The molecule has 0 bridgehead atoms. The van der Waals surface area contributed by atoms with Crippen LogP contribution in [-0.4, -0.2) is 25.7 Å². The number of hydrogen-bond donors (Lipinski definition) is 2. The highest BCUT2D eigenvalue weighted by Crippen LogP contribution is 2.37. The van der Waals surface area contributed by atoms with Gasteiger partial charge in [-0.15, -0.1) is 0 Å². The van der Waals surface area contributed by atoms with Gasteiger partial charge in [-0.2, -0.15) is 0 Å². The van der Waals surface area contributed by atoms with Crippen LogP contribution in [0.2, 0.25) is 0 Å². The number of hydrogen-bond acceptors (Lipinski definition) is 4. The number of aryl methyl sites for hydroxylation is 1. The molecule has 0 aliphatic rings. The molecular formula is C22H29BrN2O3. The summed E-state index contributed by atoms with van der Waals surface area (Å²) in [7, 11) is 0. The van der Waals surface area contributed by atoms with E-state index in [-0.39, 0.29) is 12.5 Å². The lowest BCUT2D eigenvalue weighted by atomic mass is 10.1. The third-order valence-electron chi connectivity index (χ3n) is 3.93. The molecule has 6 heteroatoms. The second-order valence-corrected chi connectivity index (χ2v) is 7.92. The Kier molecular flexibility index (Phi) is 8.80. The quantitative estimate of drug-likeness (QED) is 0.541. The summed E-state index contributed by atoms with van der Waals surface area (Å²) >= 11 is 3.55. The standard InChI is InChI=1S/C22H29BrN2O3/c1-5-27-20-11-17(13-24-12-15(2)3)10-19(23)22(20)28-14-21(26)25-18-8-6-16(4)7-9-18/h6-11,15,24H,5,12-14H2,1-4H3,(H,25,26). The number of halogens is 1. The third-order valence-corrected chi connectivity index (χ3v) is 4.52. The van der Waals surface area contributed by atoms with Crippen molar-refractivity contribution in [2.75, 3.05) is 25.1 Å². The monoisotopic (exact) mass is 448 g/mol. The number of carbonyl (C=O) groups excluding carboxylic acids is 1. The molecule has 152 valence electrons. The molecule has 1 amide bonds. The average molecular weight is 449 g/mol. The van der Waals surface area contributed by atoms with Gasteiger partial charge < -0.3 is 20.1 Å². The second-order valence-electron chi connectivity index (χ2n) is 7.07. The Hall–Kier alpha value is -2.05. The molecule has 0 aliphatic carbocycles. The second kappa shape index (κ2) is 11.1. The van der Waals surface area contributed by atoms with Gasteiger partial charge in [0.05, 0.1) is 11.1 Å². The summed E-state index contributed by atoms with van der Waals surface area (Å²) in [5, 5.41) is 6.25. The summed E-state index contributed by atoms with van der Waals surface area (Å²) in [4.78, 5) is 12.2. The van der Waals surface area contributed by atoms with Gasteiger partial charge in [-0.1, -0.05) is 31.5 Å². The molecule has 0 radical (unpaired) electrons. The fourth-order valence-electron chi connectivity index (χ4n) is 2.60. The van der Waals surface area contributed by atoms with E-state index in [1.54, 1.807) is 0 Å². The molecule has 28 heavy (non-hydrogen) atoms. The first-order valence-electron chi connectivity index (χ1n) is 9.54. The maximum absolute atomic E-state index is 12.2. The van der Waals surface area contributed by atoms with Crippen LogP contribution in [0.4, 0.5) is 5.69 Å². The number of carbonyl (C=O) groups is 1. The van der Waals surface area contributed by atoms with Crippen LogP contribution < -0.4 is 20.1 Å². The minimum Gasteiger partial charge on any atom is -0.490 e. The molecule has 0 saturated heterocycles. The van der Waals surface area contributed by atoms with Crippen LogP contribution in [0.5, 0.6) is 11.5 Å². The van der Waals surface area contributed by atoms with Gasteiger partial charge in [0.2, 0.25) is 0 Å². The Morgan fingerprint density at radius 1 is 1.14 bits per heavy atom. The van der Waals surface area contributed by atoms with E-state index in [9.17, 15) is 4.79 Å². The normalized spacial score (nSPS) is 10.8. The zero-order valence-electron chi connectivity index (χ0n) is 17.0. The molecule has 2 aromatic carbocycles. The SMILES string of the molecule is CCOc1cc(CNCC(C)C)cc(Br)c1OCC(=O)Nc1ccc(C)cc1. The van der Waals surface area contributed by atoms with E-state index in [0.717, 1.165) is 34.4 Å². The lowest BCUT2D eigenvalue weighted by molar-refractivity contribution is -0.118. The predicted molar refractivity (Wildman–Crippen MR) is 117 cm³/mol. The molecular weight excluding hydrogens is 420 g/mol. The first kappa shape index (κ1) is 22.2. The molecule has 5 nitrogen and oxygen atoms in total. The van der Waals surface area contributed by atoms with E-state index in [1.807, 2.05) is 50.2 Å². The zero-order valence-corrected chi connectivity index (χ0v) is 18.6. The first-order valence-corrected chi connectivity index (χ1v) is 10.3. The molecule has 0 atom stereocenters. The van der Waals surface area contributed by atoms with Crippen molar-refractivity contribution in [1.29, 1.82) is 0 Å². The topological polar surface area (TPSA) is 59.6 Å². The molecule has 0 aromatic heterocycles. The molecule has 0 unspecified atom stereocenters. The summed E-state index contributed by atoms with van der Waals surface area (Å²) in [6.45, 7) is 10.4.